The zero-order valence-corrected chi connectivity index (χ0v) is 15.9. The summed E-state index contributed by atoms with van der Waals surface area (Å²) < 4.78 is 0. The van der Waals surface area contributed by atoms with Crippen LogP contribution >= 0.6 is 0 Å². The highest BCUT2D eigenvalue weighted by Gasteiger charge is 2.36. The van der Waals surface area contributed by atoms with E-state index in [1.807, 2.05) is 42.5 Å². The summed E-state index contributed by atoms with van der Waals surface area (Å²) in [6.07, 6.45) is 0. The molecule has 0 fully saturated rings. The van der Waals surface area contributed by atoms with Crippen molar-refractivity contribution in [1.29, 1.82) is 0 Å². The topological polar surface area (TPSA) is 61.4 Å². The molecule has 0 saturated heterocycles. The van der Waals surface area contributed by atoms with Crippen LogP contribution in [0.1, 0.15) is 27.7 Å². The molecule has 26 heavy (non-hydrogen) atoms. The zero-order valence-electron chi connectivity index (χ0n) is 15.9. The summed E-state index contributed by atoms with van der Waals surface area (Å²) in [5.74, 6) is -0.692. The van der Waals surface area contributed by atoms with Crippen LogP contribution in [0.3, 0.4) is 0 Å². The number of rotatable bonds is 7. The fourth-order valence-electron chi connectivity index (χ4n) is 2.54. The van der Waals surface area contributed by atoms with Crippen LogP contribution in [0.25, 0.3) is 0 Å². The van der Waals surface area contributed by atoms with Gasteiger partial charge in [0.25, 0.3) is 0 Å². The van der Waals surface area contributed by atoms with Crippen molar-refractivity contribution in [2.45, 2.75) is 27.7 Å². The molecule has 138 valence electrons. The van der Waals surface area contributed by atoms with E-state index in [4.69, 9.17) is 0 Å². The number of benzene rings is 2. The van der Waals surface area contributed by atoms with E-state index in [2.05, 4.69) is 29.4 Å². The Bertz CT molecular complexity index is 736. The van der Waals surface area contributed by atoms with E-state index in [1.54, 1.807) is 26.0 Å². The van der Waals surface area contributed by atoms with E-state index in [9.17, 15) is 9.59 Å². The zero-order chi connectivity index (χ0) is 19.2. The standard InChI is InChI=1S/C21H27N3O2/c1-5-24(6-2)18-14-12-17(13-15-18)23-20(26)21(3,4)19(25)22-16-10-8-7-9-11-16/h7-15H,5-6H2,1-4H3,(H,22,25)(H,23,26). The Kier molecular flexibility index (Phi) is 6.39. The summed E-state index contributed by atoms with van der Waals surface area (Å²) in [7, 11) is 0. The molecule has 2 rings (SSSR count). The van der Waals surface area contributed by atoms with Crippen LogP contribution in [0, 0.1) is 5.41 Å². The highest BCUT2D eigenvalue weighted by molar-refractivity contribution is 6.14. The molecule has 2 aromatic carbocycles. The molecule has 5 heteroatoms. The number of anilines is 3. The third kappa shape index (κ3) is 4.63. The number of nitrogens with one attached hydrogen (secondary N) is 2. The van der Waals surface area contributed by atoms with Crippen LogP contribution in [0.4, 0.5) is 17.1 Å². The van der Waals surface area contributed by atoms with Crippen molar-refractivity contribution in [1.82, 2.24) is 0 Å². The summed E-state index contributed by atoms with van der Waals surface area (Å²) >= 11 is 0. The van der Waals surface area contributed by atoms with Crippen LogP contribution in [-0.2, 0) is 9.59 Å². The minimum absolute atomic E-state index is 0.346. The van der Waals surface area contributed by atoms with Crippen LogP contribution in [-0.4, -0.2) is 24.9 Å². The van der Waals surface area contributed by atoms with E-state index in [0.717, 1.165) is 18.8 Å². The number of amides is 2. The molecule has 2 amide bonds. The first-order valence-corrected chi connectivity index (χ1v) is 8.91. The molecule has 2 N–H and O–H groups in total. The van der Waals surface area contributed by atoms with Crippen molar-refractivity contribution in [2.24, 2.45) is 5.41 Å². The smallest absolute Gasteiger partial charge is 0.239 e. The molecule has 0 spiro atoms. The van der Waals surface area contributed by atoms with Gasteiger partial charge in [-0.2, -0.15) is 0 Å². The number of carbonyl (C=O) groups excluding carboxylic acids is 2. The molecule has 0 aromatic heterocycles. The molecule has 0 saturated carbocycles. The first-order valence-electron chi connectivity index (χ1n) is 8.91. The fraction of sp³-hybridized carbons (Fsp3) is 0.333. The van der Waals surface area contributed by atoms with E-state index in [1.165, 1.54) is 0 Å². The van der Waals surface area contributed by atoms with Crippen molar-refractivity contribution < 1.29 is 9.59 Å². The third-order valence-electron chi connectivity index (χ3n) is 4.42. The van der Waals surface area contributed by atoms with Gasteiger partial charge in [0.15, 0.2) is 0 Å². The van der Waals surface area contributed by atoms with Gasteiger partial charge in [-0.05, 0) is 64.1 Å². The van der Waals surface area contributed by atoms with Gasteiger partial charge in [0.2, 0.25) is 11.8 Å². The number of hydrogen-bond donors (Lipinski definition) is 2. The van der Waals surface area contributed by atoms with Crippen LogP contribution in [0.5, 0.6) is 0 Å². The molecule has 0 bridgehead atoms. The van der Waals surface area contributed by atoms with Gasteiger partial charge >= 0.3 is 0 Å². The second-order valence-corrected chi connectivity index (χ2v) is 6.62. The fourth-order valence-corrected chi connectivity index (χ4v) is 2.54. The molecule has 0 aliphatic rings. The molecule has 5 nitrogen and oxygen atoms in total. The predicted molar refractivity (Wildman–Crippen MR) is 107 cm³/mol. The SMILES string of the molecule is CCN(CC)c1ccc(NC(=O)C(C)(C)C(=O)Nc2ccccc2)cc1. The largest absolute Gasteiger partial charge is 0.372 e. The Hall–Kier alpha value is -2.82. The second kappa shape index (κ2) is 8.52. The summed E-state index contributed by atoms with van der Waals surface area (Å²) in [5, 5.41) is 5.61. The summed E-state index contributed by atoms with van der Waals surface area (Å²) in [5.41, 5.74) is 1.25. The van der Waals surface area contributed by atoms with Crippen molar-refractivity contribution >= 4 is 28.9 Å². The van der Waals surface area contributed by atoms with Crippen molar-refractivity contribution in [3.05, 3.63) is 54.6 Å². The lowest BCUT2D eigenvalue weighted by atomic mass is 9.90. The lowest BCUT2D eigenvalue weighted by molar-refractivity contribution is -0.135. The van der Waals surface area contributed by atoms with Crippen LogP contribution in [0.15, 0.2) is 54.6 Å². The van der Waals surface area contributed by atoms with Crippen molar-refractivity contribution in [3.63, 3.8) is 0 Å². The number of nitrogens with zero attached hydrogens (tertiary/aromatic N) is 1. The minimum atomic E-state index is -1.20. The highest BCUT2D eigenvalue weighted by Crippen LogP contribution is 2.23. The van der Waals surface area contributed by atoms with Gasteiger partial charge in [-0.25, -0.2) is 0 Å². The van der Waals surface area contributed by atoms with Crippen molar-refractivity contribution in [3.8, 4) is 0 Å². The van der Waals surface area contributed by atoms with Gasteiger partial charge < -0.3 is 15.5 Å². The van der Waals surface area contributed by atoms with Gasteiger partial charge in [0.05, 0.1) is 0 Å². The van der Waals surface area contributed by atoms with Crippen LogP contribution < -0.4 is 15.5 Å². The maximum Gasteiger partial charge on any atom is 0.239 e. The van der Waals surface area contributed by atoms with E-state index >= 15 is 0 Å². The normalized spacial score (nSPS) is 10.9. The number of para-hydroxylation sites is 1. The molecule has 0 aliphatic carbocycles. The minimum Gasteiger partial charge on any atom is -0.372 e. The second-order valence-electron chi connectivity index (χ2n) is 6.62. The number of hydrogen-bond acceptors (Lipinski definition) is 3. The molecule has 0 heterocycles. The average molecular weight is 353 g/mol. The Labute approximate surface area is 155 Å². The highest BCUT2D eigenvalue weighted by atomic mass is 16.2. The van der Waals surface area contributed by atoms with Gasteiger partial charge in [0.1, 0.15) is 5.41 Å². The molecular weight excluding hydrogens is 326 g/mol. The van der Waals surface area contributed by atoms with Crippen molar-refractivity contribution in [2.75, 3.05) is 28.6 Å². The monoisotopic (exact) mass is 353 g/mol. The predicted octanol–water partition coefficient (Wildman–Crippen LogP) is 4.14. The first-order chi connectivity index (χ1) is 12.4. The third-order valence-corrected chi connectivity index (χ3v) is 4.42. The Morgan fingerprint density at radius 3 is 1.73 bits per heavy atom. The summed E-state index contributed by atoms with van der Waals surface area (Å²) in [6, 6.07) is 16.8. The van der Waals surface area contributed by atoms with Crippen LogP contribution in [0.2, 0.25) is 0 Å². The molecule has 2 aromatic rings. The van der Waals surface area contributed by atoms with E-state index < -0.39 is 5.41 Å². The molecule has 0 unspecified atom stereocenters. The Balaban J connectivity index is 2.04. The maximum absolute atomic E-state index is 12.6. The molecule has 0 radical (unpaired) electrons. The molecular formula is C21H27N3O2. The maximum atomic E-state index is 12.6. The molecule has 0 atom stereocenters. The lowest BCUT2D eigenvalue weighted by Gasteiger charge is -2.24. The van der Waals surface area contributed by atoms with E-state index in [0.29, 0.717) is 11.4 Å². The van der Waals surface area contributed by atoms with Gasteiger partial charge in [-0.1, -0.05) is 18.2 Å². The van der Waals surface area contributed by atoms with Gasteiger partial charge in [-0.3, -0.25) is 9.59 Å². The Morgan fingerprint density at radius 2 is 1.27 bits per heavy atom. The Morgan fingerprint density at radius 1 is 0.808 bits per heavy atom. The molecule has 0 aliphatic heterocycles. The quantitative estimate of drug-likeness (QED) is 0.736. The summed E-state index contributed by atoms with van der Waals surface area (Å²) in [6.45, 7) is 9.29. The lowest BCUT2D eigenvalue weighted by Crippen LogP contribution is -2.41. The first kappa shape index (κ1) is 19.5. The average Bonchev–Trinajstić information content (AvgIpc) is 2.64. The van der Waals surface area contributed by atoms with Gasteiger partial charge in [-0.15, -0.1) is 0 Å². The van der Waals surface area contributed by atoms with Gasteiger partial charge in [0, 0.05) is 30.2 Å². The number of carbonyl (C=O) groups is 2. The van der Waals surface area contributed by atoms with E-state index in [-0.39, 0.29) is 11.8 Å². The summed E-state index contributed by atoms with van der Waals surface area (Å²) in [4.78, 5) is 27.3.